The van der Waals surface area contributed by atoms with Crippen molar-refractivity contribution in [3.63, 3.8) is 0 Å². The Morgan fingerprint density at radius 3 is 2.09 bits per heavy atom. The van der Waals surface area contributed by atoms with Gasteiger partial charge in [0.2, 0.25) is 0 Å². The second kappa shape index (κ2) is 13.9. The number of likely N-dealkylation sites (N-methyl/N-ethyl adjacent to an activating group) is 1. The molecular formula is C27H41N5. The van der Waals surface area contributed by atoms with Gasteiger partial charge >= 0.3 is 0 Å². The molecule has 2 N–H and O–H groups in total. The van der Waals surface area contributed by atoms with E-state index in [1.54, 1.807) is 0 Å². The SMILES string of the molecule is CCNC(=NCCCCN1CCN(C)CC1)NCCC(c1ccccc1)c1ccccc1. The van der Waals surface area contributed by atoms with Crippen LogP contribution in [0.15, 0.2) is 65.7 Å². The Balaban J connectivity index is 1.45. The highest BCUT2D eigenvalue weighted by Crippen LogP contribution is 2.27. The average Bonchev–Trinajstić information content (AvgIpc) is 2.84. The Kier molecular flexibility index (Phi) is 10.6. The number of aliphatic imine (C=N–C) groups is 1. The van der Waals surface area contributed by atoms with E-state index in [-0.39, 0.29) is 0 Å². The normalized spacial score (nSPS) is 15.8. The monoisotopic (exact) mass is 435 g/mol. The summed E-state index contributed by atoms with van der Waals surface area (Å²) in [4.78, 5) is 9.81. The van der Waals surface area contributed by atoms with Crippen molar-refractivity contribution in [3.05, 3.63) is 71.8 Å². The predicted octanol–water partition coefficient (Wildman–Crippen LogP) is 3.79. The Labute approximate surface area is 194 Å². The molecule has 2 aromatic carbocycles. The van der Waals surface area contributed by atoms with Gasteiger partial charge in [-0.15, -0.1) is 0 Å². The van der Waals surface area contributed by atoms with Crippen LogP contribution in [0.5, 0.6) is 0 Å². The van der Waals surface area contributed by atoms with Crippen molar-refractivity contribution in [2.24, 2.45) is 4.99 Å². The maximum atomic E-state index is 4.82. The van der Waals surface area contributed by atoms with Crippen molar-refractivity contribution in [1.29, 1.82) is 0 Å². The summed E-state index contributed by atoms with van der Waals surface area (Å²) >= 11 is 0. The second-order valence-electron chi connectivity index (χ2n) is 8.70. The van der Waals surface area contributed by atoms with Gasteiger partial charge in [0.25, 0.3) is 0 Å². The minimum Gasteiger partial charge on any atom is -0.357 e. The molecule has 0 amide bonds. The number of nitrogens with one attached hydrogen (secondary N) is 2. The highest BCUT2D eigenvalue weighted by atomic mass is 15.2. The van der Waals surface area contributed by atoms with E-state index in [0.717, 1.165) is 38.4 Å². The highest BCUT2D eigenvalue weighted by Gasteiger charge is 2.14. The summed E-state index contributed by atoms with van der Waals surface area (Å²) in [6, 6.07) is 21.6. The van der Waals surface area contributed by atoms with Crippen LogP contribution in [-0.4, -0.2) is 75.2 Å². The van der Waals surface area contributed by atoms with E-state index in [0.29, 0.717) is 5.92 Å². The molecule has 2 aromatic rings. The number of hydrogen-bond donors (Lipinski definition) is 2. The van der Waals surface area contributed by atoms with E-state index in [1.165, 1.54) is 50.3 Å². The molecule has 174 valence electrons. The highest BCUT2D eigenvalue weighted by molar-refractivity contribution is 5.79. The minimum atomic E-state index is 0.386. The van der Waals surface area contributed by atoms with Crippen LogP contribution < -0.4 is 10.6 Å². The number of hydrogen-bond acceptors (Lipinski definition) is 3. The molecule has 32 heavy (non-hydrogen) atoms. The zero-order chi connectivity index (χ0) is 22.4. The molecule has 1 aliphatic rings. The molecule has 1 aliphatic heterocycles. The lowest BCUT2D eigenvalue weighted by molar-refractivity contribution is 0.152. The fourth-order valence-electron chi connectivity index (χ4n) is 4.28. The van der Waals surface area contributed by atoms with E-state index < -0.39 is 0 Å². The summed E-state index contributed by atoms with van der Waals surface area (Å²) < 4.78 is 0. The van der Waals surface area contributed by atoms with Gasteiger partial charge < -0.3 is 20.4 Å². The fraction of sp³-hybridized carbons (Fsp3) is 0.519. The lowest BCUT2D eigenvalue weighted by Crippen LogP contribution is -2.44. The van der Waals surface area contributed by atoms with Crippen LogP contribution in [-0.2, 0) is 0 Å². The lowest BCUT2D eigenvalue weighted by Gasteiger charge is -2.32. The van der Waals surface area contributed by atoms with Crippen molar-refractivity contribution in [1.82, 2.24) is 20.4 Å². The zero-order valence-electron chi connectivity index (χ0n) is 20.0. The van der Waals surface area contributed by atoms with E-state index in [9.17, 15) is 0 Å². The molecule has 5 heteroatoms. The summed E-state index contributed by atoms with van der Waals surface area (Å²) in [5, 5.41) is 6.96. The molecule has 1 fully saturated rings. The second-order valence-corrected chi connectivity index (χ2v) is 8.70. The minimum absolute atomic E-state index is 0.386. The van der Waals surface area contributed by atoms with Crippen molar-refractivity contribution < 1.29 is 0 Å². The van der Waals surface area contributed by atoms with Gasteiger partial charge in [0.1, 0.15) is 0 Å². The molecule has 0 bridgehead atoms. The number of rotatable bonds is 11. The summed E-state index contributed by atoms with van der Waals surface area (Å²) in [5.74, 6) is 1.32. The van der Waals surface area contributed by atoms with Crippen LogP contribution >= 0.6 is 0 Å². The molecule has 0 aliphatic carbocycles. The van der Waals surface area contributed by atoms with Gasteiger partial charge in [0.15, 0.2) is 5.96 Å². The average molecular weight is 436 g/mol. The molecule has 0 unspecified atom stereocenters. The quantitative estimate of drug-likeness (QED) is 0.320. The molecule has 1 saturated heterocycles. The van der Waals surface area contributed by atoms with Gasteiger partial charge in [-0.3, -0.25) is 4.99 Å². The third kappa shape index (κ3) is 8.29. The third-order valence-corrected chi connectivity index (χ3v) is 6.22. The first kappa shape index (κ1) is 24.3. The number of piperazine rings is 1. The molecular weight excluding hydrogens is 394 g/mol. The lowest BCUT2D eigenvalue weighted by atomic mass is 9.88. The molecule has 0 radical (unpaired) electrons. The smallest absolute Gasteiger partial charge is 0.191 e. The first-order valence-corrected chi connectivity index (χ1v) is 12.3. The van der Waals surface area contributed by atoms with Gasteiger partial charge in [-0.2, -0.15) is 0 Å². The molecule has 0 atom stereocenters. The summed E-state index contributed by atoms with van der Waals surface area (Å²) in [7, 11) is 2.21. The largest absolute Gasteiger partial charge is 0.357 e. The topological polar surface area (TPSA) is 42.9 Å². The predicted molar refractivity (Wildman–Crippen MR) is 136 cm³/mol. The van der Waals surface area contributed by atoms with Gasteiger partial charge in [-0.1, -0.05) is 60.7 Å². The van der Waals surface area contributed by atoms with Gasteiger partial charge in [0.05, 0.1) is 0 Å². The van der Waals surface area contributed by atoms with Crippen LogP contribution in [0.1, 0.15) is 43.2 Å². The number of nitrogens with zero attached hydrogens (tertiary/aromatic N) is 3. The van der Waals surface area contributed by atoms with Crippen LogP contribution in [0.3, 0.4) is 0 Å². The molecule has 0 aromatic heterocycles. The van der Waals surface area contributed by atoms with Crippen molar-refractivity contribution in [3.8, 4) is 0 Å². The van der Waals surface area contributed by atoms with E-state index >= 15 is 0 Å². The van der Waals surface area contributed by atoms with Crippen LogP contribution in [0.25, 0.3) is 0 Å². The van der Waals surface area contributed by atoms with Crippen LogP contribution in [0.2, 0.25) is 0 Å². The standard InChI is InChI=1S/C27H41N5/c1-3-28-27(29-17-10-11-19-32-22-20-31(2)21-23-32)30-18-16-26(24-12-6-4-7-13-24)25-14-8-5-9-15-25/h4-9,12-15,26H,3,10-11,16-23H2,1-2H3,(H2,28,29,30). The van der Waals surface area contributed by atoms with E-state index in [2.05, 4.69) is 95.1 Å². The van der Waals surface area contributed by atoms with Crippen molar-refractivity contribution >= 4 is 5.96 Å². The molecule has 5 nitrogen and oxygen atoms in total. The molecule has 3 rings (SSSR count). The maximum Gasteiger partial charge on any atom is 0.191 e. The summed E-state index contributed by atoms with van der Waals surface area (Å²) in [6.45, 7) is 10.8. The molecule has 0 spiro atoms. The summed E-state index contributed by atoms with van der Waals surface area (Å²) in [5.41, 5.74) is 2.73. The molecule has 0 saturated carbocycles. The Morgan fingerprint density at radius 1 is 0.875 bits per heavy atom. The number of unbranched alkanes of at least 4 members (excludes halogenated alkanes) is 1. The Bertz CT molecular complexity index is 730. The van der Waals surface area contributed by atoms with Crippen LogP contribution in [0, 0.1) is 0 Å². The van der Waals surface area contributed by atoms with E-state index in [4.69, 9.17) is 4.99 Å². The Morgan fingerprint density at radius 2 is 1.50 bits per heavy atom. The molecule has 1 heterocycles. The van der Waals surface area contributed by atoms with Crippen LogP contribution in [0.4, 0.5) is 0 Å². The van der Waals surface area contributed by atoms with Gasteiger partial charge in [0, 0.05) is 51.7 Å². The fourth-order valence-corrected chi connectivity index (χ4v) is 4.28. The van der Waals surface area contributed by atoms with E-state index in [1.807, 2.05) is 0 Å². The first-order chi connectivity index (χ1) is 15.8. The van der Waals surface area contributed by atoms with Gasteiger partial charge in [-0.05, 0) is 50.9 Å². The van der Waals surface area contributed by atoms with Crippen molar-refractivity contribution in [2.45, 2.75) is 32.1 Å². The Hall–Kier alpha value is -2.37. The maximum absolute atomic E-state index is 4.82. The third-order valence-electron chi connectivity index (χ3n) is 6.22. The number of guanidine groups is 1. The van der Waals surface area contributed by atoms with Gasteiger partial charge in [-0.25, -0.2) is 0 Å². The number of benzene rings is 2. The first-order valence-electron chi connectivity index (χ1n) is 12.3. The zero-order valence-corrected chi connectivity index (χ0v) is 20.0. The summed E-state index contributed by atoms with van der Waals surface area (Å²) in [6.07, 6.45) is 3.39. The van der Waals surface area contributed by atoms with Crippen molar-refractivity contribution in [2.75, 3.05) is 59.4 Å².